The first kappa shape index (κ1) is 6.05. The normalized spacial score (nSPS) is 10.9. The predicted molar refractivity (Wildman–Crippen MR) is 45.8 cm³/mol. The van der Waals surface area contributed by atoms with Crippen molar-refractivity contribution in [2.24, 2.45) is 0 Å². The van der Waals surface area contributed by atoms with Crippen LogP contribution in [0.3, 0.4) is 0 Å². The van der Waals surface area contributed by atoms with Crippen molar-refractivity contribution in [1.29, 1.82) is 0 Å². The highest BCUT2D eigenvalue weighted by Gasteiger charge is 1.91. The third kappa shape index (κ3) is 1.64. The maximum absolute atomic E-state index is 7.52. The summed E-state index contributed by atoms with van der Waals surface area (Å²) in [7, 11) is 3.81. The lowest BCUT2D eigenvalue weighted by Gasteiger charge is -2.11. The summed E-state index contributed by atoms with van der Waals surface area (Å²) >= 11 is 5.68. The Labute approximate surface area is 67.6 Å². The molecule has 0 spiro atoms. The number of hydrogen-bond acceptors (Lipinski definition) is 1. The number of hydrogen-bond donors (Lipinski definition) is 0. The molecular formula is C8H10ClN. The summed E-state index contributed by atoms with van der Waals surface area (Å²) in [5, 5.41) is 0.612. The van der Waals surface area contributed by atoms with Gasteiger partial charge in [-0.25, -0.2) is 0 Å². The third-order valence-electron chi connectivity index (χ3n) is 1.24. The minimum Gasteiger partial charge on any atom is -0.378 e. The predicted octanol–water partition coefficient (Wildman–Crippen LogP) is 2.41. The number of benzene rings is 1. The molecule has 1 aromatic carbocycles. The molecular weight excluding hydrogens is 146 g/mol. The summed E-state index contributed by atoms with van der Waals surface area (Å²) in [4.78, 5) is 1.89. The van der Waals surface area contributed by atoms with Crippen molar-refractivity contribution in [1.82, 2.24) is 0 Å². The Morgan fingerprint density at radius 1 is 1.40 bits per heavy atom. The summed E-state index contributed by atoms with van der Waals surface area (Å²) in [5.41, 5.74) is 0.884. The van der Waals surface area contributed by atoms with Crippen molar-refractivity contribution in [2.75, 3.05) is 19.0 Å². The van der Waals surface area contributed by atoms with Crippen LogP contribution in [-0.4, -0.2) is 14.1 Å². The SMILES string of the molecule is [2H]c1cc(Cl)ccc1N(C)C. The zero-order valence-electron chi connectivity index (χ0n) is 7.06. The van der Waals surface area contributed by atoms with Gasteiger partial charge < -0.3 is 4.90 Å². The van der Waals surface area contributed by atoms with E-state index in [1.165, 1.54) is 0 Å². The lowest BCUT2D eigenvalue weighted by Crippen LogP contribution is -2.07. The molecule has 0 N–H and O–H groups in total. The van der Waals surface area contributed by atoms with E-state index in [2.05, 4.69) is 0 Å². The Morgan fingerprint density at radius 2 is 2.10 bits per heavy atom. The van der Waals surface area contributed by atoms with Crippen molar-refractivity contribution >= 4 is 17.3 Å². The minimum atomic E-state index is 0.461. The summed E-state index contributed by atoms with van der Waals surface area (Å²) in [6.07, 6.45) is 0. The first-order valence-electron chi connectivity index (χ1n) is 3.55. The second kappa shape index (κ2) is 2.93. The Kier molecular flexibility index (Phi) is 1.77. The Hall–Kier alpha value is -0.690. The molecule has 0 saturated carbocycles. The molecule has 0 radical (unpaired) electrons. The molecule has 0 unspecified atom stereocenters. The lowest BCUT2D eigenvalue weighted by molar-refractivity contribution is 1.13. The van der Waals surface area contributed by atoms with E-state index < -0.39 is 0 Å². The van der Waals surface area contributed by atoms with Crippen molar-refractivity contribution in [2.45, 2.75) is 0 Å². The van der Waals surface area contributed by atoms with E-state index in [-0.39, 0.29) is 0 Å². The summed E-state index contributed by atoms with van der Waals surface area (Å²) < 4.78 is 7.52. The number of anilines is 1. The molecule has 0 saturated heterocycles. The molecule has 0 atom stereocenters. The first-order valence-corrected chi connectivity index (χ1v) is 3.42. The zero-order chi connectivity index (χ0) is 8.43. The largest absolute Gasteiger partial charge is 0.378 e. The number of halogens is 1. The van der Waals surface area contributed by atoms with Crippen molar-refractivity contribution < 1.29 is 1.37 Å². The van der Waals surface area contributed by atoms with Gasteiger partial charge in [0.25, 0.3) is 0 Å². The molecule has 2 heteroatoms. The molecule has 0 amide bonds. The minimum absolute atomic E-state index is 0.461. The van der Waals surface area contributed by atoms with Crippen molar-refractivity contribution in [3.63, 3.8) is 0 Å². The highest BCUT2D eigenvalue weighted by molar-refractivity contribution is 6.30. The smallest absolute Gasteiger partial charge is 0.0645 e. The van der Waals surface area contributed by atoms with E-state index in [4.69, 9.17) is 13.0 Å². The van der Waals surface area contributed by atoms with Crippen molar-refractivity contribution in [3.05, 3.63) is 29.3 Å². The summed E-state index contributed by atoms with van der Waals surface area (Å²) in [5.74, 6) is 0. The van der Waals surface area contributed by atoms with Gasteiger partial charge in [-0.3, -0.25) is 0 Å². The fraction of sp³-hybridized carbons (Fsp3) is 0.250. The zero-order valence-corrected chi connectivity index (χ0v) is 6.81. The molecule has 10 heavy (non-hydrogen) atoms. The van der Waals surface area contributed by atoms with Gasteiger partial charge in [0.15, 0.2) is 0 Å². The van der Waals surface area contributed by atoms with Gasteiger partial charge in [-0.05, 0) is 24.2 Å². The Bertz CT molecular complexity index is 260. The van der Waals surface area contributed by atoms with Gasteiger partial charge in [0, 0.05) is 24.8 Å². The first-order chi connectivity index (χ1) is 5.11. The Morgan fingerprint density at radius 3 is 2.60 bits per heavy atom. The van der Waals surface area contributed by atoms with E-state index in [1.807, 2.05) is 25.1 Å². The van der Waals surface area contributed by atoms with Crippen LogP contribution in [0.25, 0.3) is 0 Å². The van der Waals surface area contributed by atoms with Gasteiger partial charge in [-0.15, -0.1) is 0 Å². The molecule has 54 valence electrons. The molecule has 0 bridgehead atoms. The molecule has 1 aromatic rings. The second-order valence-electron chi connectivity index (χ2n) is 2.29. The van der Waals surface area contributed by atoms with Crippen LogP contribution >= 0.6 is 11.6 Å². The third-order valence-corrected chi connectivity index (χ3v) is 1.48. The second-order valence-corrected chi connectivity index (χ2v) is 2.72. The van der Waals surface area contributed by atoms with Crippen molar-refractivity contribution in [3.8, 4) is 0 Å². The fourth-order valence-electron chi connectivity index (χ4n) is 0.676. The van der Waals surface area contributed by atoms with Gasteiger partial charge >= 0.3 is 0 Å². The molecule has 0 aliphatic rings. The lowest BCUT2D eigenvalue weighted by atomic mass is 10.3. The van der Waals surface area contributed by atoms with Crippen LogP contribution in [0.5, 0.6) is 0 Å². The topological polar surface area (TPSA) is 3.24 Å². The summed E-state index contributed by atoms with van der Waals surface area (Å²) in [6.45, 7) is 0. The molecule has 1 nitrogen and oxygen atoms in total. The molecule has 0 fully saturated rings. The van der Waals surface area contributed by atoms with Gasteiger partial charge in [-0.2, -0.15) is 0 Å². The quantitative estimate of drug-likeness (QED) is 0.604. The molecule has 0 heterocycles. The van der Waals surface area contributed by atoms with Crippen LogP contribution < -0.4 is 4.90 Å². The monoisotopic (exact) mass is 156 g/mol. The molecule has 0 aliphatic carbocycles. The van der Waals surface area contributed by atoms with Crippen LogP contribution in [0.1, 0.15) is 1.37 Å². The standard InChI is InChI=1S/C8H10ClN/c1-10(2)8-5-3-7(9)4-6-8/h3-6H,1-2H3/i5D. The van der Waals surface area contributed by atoms with E-state index >= 15 is 0 Å². The average Bonchev–Trinajstić information content (AvgIpc) is 1.85. The highest BCUT2D eigenvalue weighted by Crippen LogP contribution is 2.14. The van der Waals surface area contributed by atoms with Crippen LogP contribution in [0, 0.1) is 0 Å². The average molecular weight is 157 g/mol. The van der Waals surface area contributed by atoms with Crippen LogP contribution in [-0.2, 0) is 0 Å². The van der Waals surface area contributed by atoms with Gasteiger partial charge in [0.05, 0.1) is 1.37 Å². The van der Waals surface area contributed by atoms with E-state index in [0.717, 1.165) is 5.69 Å². The number of nitrogens with zero attached hydrogens (tertiary/aromatic N) is 1. The van der Waals surface area contributed by atoms with E-state index in [0.29, 0.717) is 11.1 Å². The molecule has 0 aliphatic heterocycles. The summed E-state index contributed by atoms with van der Waals surface area (Å²) in [6, 6.07) is 5.72. The van der Waals surface area contributed by atoms with Gasteiger partial charge in [0.2, 0.25) is 0 Å². The van der Waals surface area contributed by atoms with Crippen LogP contribution in [0.2, 0.25) is 5.02 Å². The fourth-order valence-corrected chi connectivity index (χ4v) is 0.793. The van der Waals surface area contributed by atoms with E-state index in [1.54, 1.807) is 12.1 Å². The van der Waals surface area contributed by atoms with Crippen LogP contribution in [0.15, 0.2) is 24.2 Å². The maximum atomic E-state index is 7.52. The Balaban J connectivity index is 3.09. The van der Waals surface area contributed by atoms with Gasteiger partial charge in [-0.1, -0.05) is 11.6 Å². The molecule has 1 rings (SSSR count). The number of rotatable bonds is 1. The van der Waals surface area contributed by atoms with E-state index in [9.17, 15) is 0 Å². The molecule has 0 aromatic heterocycles. The van der Waals surface area contributed by atoms with Gasteiger partial charge in [0.1, 0.15) is 0 Å². The highest BCUT2D eigenvalue weighted by atomic mass is 35.5. The van der Waals surface area contributed by atoms with Crippen LogP contribution in [0.4, 0.5) is 5.69 Å². The maximum Gasteiger partial charge on any atom is 0.0645 e.